The molecule has 0 spiro atoms. The van der Waals surface area contributed by atoms with Crippen LogP contribution in [-0.2, 0) is 6.42 Å². The van der Waals surface area contributed by atoms with E-state index in [4.69, 9.17) is 10.5 Å². The van der Waals surface area contributed by atoms with Gasteiger partial charge < -0.3 is 15.4 Å². The van der Waals surface area contributed by atoms with E-state index in [0.717, 1.165) is 31.7 Å². The highest BCUT2D eigenvalue weighted by Crippen LogP contribution is 2.34. The molecule has 1 heterocycles. The Morgan fingerprint density at radius 3 is 3.00 bits per heavy atom. The van der Waals surface area contributed by atoms with Crippen LogP contribution in [0.1, 0.15) is 18.9 Å². The molecule has 0 amide bonds. The minimum atomic E-state index is 0.553. The molecule has 2 N–H and O–H groups in total. The number of ether oxygens (including phenoxy) is 1. The lowest BCUT2D eigenvalue weighted by Gasteiger charge is -2.21. The second-order valence-electron chi connectivity index (χ2n) is 4.27. The maximum atomic E-state index is 5.63. The molecule has 0 fully saturated rings. The van der Waals surface area contributed by atoms with Gasteiger partial charge in [-0.25, -0.2) is 0 Å². The third-order valence-electron chi connectivity index (χ3n) is 3.25. The fourth-order valence-corrected chi connectivity index (χ4v) is 2.40. The summed E-state index contributed by atoms with van der Waals surface area (Å²) in [6.45, 7) is 3.48. The summed E-state index contributed by atoms with van der Waals surface area (Å²) < 4.78 is 5.52. The molecule has 0 bridgehead atoms. The first-order chi connectivity index (χ1) is 7.76. The van der Waals surface area contributed by atoms with Gasteiger partial charge in [0.05, 0.1) is 6.61 Å². The van der Waals surface area contributed by atoms with Crippen LogP contribution in [0.2, 0.25) is 0 Å². The number of fused-ring (bicyclic) bond motifs is 1. The standard InChI is InChI=1S/C13H20N2O/c1-3-16-12-4-5-13-10(9-12)8-11(6-7-14)15(13)2/h4-5,9,11H,3,6-8,14H2,1-2H3. The number of benzene rings is 1. The molecule has 1 aromatic carbocycles. The van der Waals surface area contributed by atoms with Gasteiger partial charge in [0.1, 0.15) is 5.75 Å². The SMILES string of the molecule is CCOc1ccc2c(c1)CC(CCN)N2C. The average Bonchev–Trinajstić information content (AvgIpc) is 2.57. The molecule has 1 atom stereocenters. The molecule has 3 heteroatoms. The van der Waals surface area contributed by atoms with Crippen molar-refractivity contribution in [2.45, 2.75) is 25.8 Å². The molecular weight excluding hydrogens is 200 g/mol. The van der Waals surface area contributed by atoms with Gasteiger partial charge in [-0.05, 0) is 50.1 Å². The third kappa shape index (κ3) is 2.00. The summed E-state index contributed by atoms with van der Waals surface area (Å²) >= 11 is 0. The summed E-state index contributed by atoms with van der Waals surface area (Å²) in [6, 6.07) is 6.91. The van der Waals surface area contributed by atoms with Crippen LogP contribution in [-0.4, -0.2) is 26.2 Å². The summed E-state index contributed by atoms with van der Waals surface area (Å²) in [5.74, 6) is 0.975. The van der Waals surface area contributed by atoms with Crippen molar-refractivity contribution in [1.82, 2.24) is 0 Å². The smallest absolute Gasteiger partial charge is 0.119 e. The van der Waals surface area contributed by atoms with Crippen LogP contribution >= 0.6 is 0 Å². The van der Waals surface area contributed by atoms with E-state index in [9.17, 15) is 0 Å². The van der Waals surface area contributed by atoms with Gasteiger partial charge in [0, 0.05) is 18.8 Å². The van der Waals surface area contributed by atoms with Crippen LogP contribution in [0.25, 0.3) is 0 Å². The number of rotatable bonds is 4. The average molecular weight is 220 g/mol. The molecule has 1 aliphatic rings. The molecule has 0 radical (unpaired) electrons. The lowest BCUT2D eigenvalue weighted by molar-refractivity contribution is 0.340. The van der Waals surface area contributed by atoms with Crippen molar-refractivity contribution < 1.29 is 4.74 Å². The van der Waals surface area contributed by atoms with Gasteiger partial charge in [-0.3, -0.25) is 0 Å². The van der Waals surface area contributed by atoms with Crippen molar-refractivity contribution in [2.75, 3.05) is 25.1 Å². The number of anilines is 1. The van der Waals surface area contributed by atoms with E-state index in [1.165, 1.54) is 11.3 Å². The highest BCUT2D eigenvalue weighted by Gasteiger charge is 2.25. The molecule has 1 aliphatic heterocycles. The molecule has 0 aliphatic carbocycles. The predicted octanol–water partition coefficient (Wildman–Crippen LogP) is 1.79. The van der Waals surface area contributed by atoms with E-state index in [0.29, 0.717) is 6.04 Å². The van der Waals surface area contributed by atoms with Gasteiger partial charge in [0.15, 0.2) is 0 Å². The molecule has 3 nitrogen and oxygen atoms in total. The first-order valence-corrected chi connectivity index (χ1v) is 5.95. The molecule has 16 heavy (non-hydrogen) atoms. The molecule has 2 rings (SSSR count). The van der Waals surface area contributed by atoms with Crippen molar-refractivity contribution in [3.05, 3.63) is 23.8 Å². The van der Waals surface area contributed by atoms with Crippen LogP contribution < -0.4 is 15.4 Å². The molecule has 88 valence electrons. The van der Waals surface area contributed by atoms with Gasteiger partial charge in [0.25, 0.3) is 0 Å². The summed E-state index contributed by atoms with van der Waals surface area (Å²) in [5.41, 5.74) is 8.33. The third-order valence-corrected chi connectivity index (χ3v) is 3.25. The van der Waals surface area contributed by atoms with Crippen molar-refractivity contribution in [3.8, 4) is 5.75 Å². The van der Waals surface area contributed by atoms with Crippen LogP contribution in [0.15, 0.2) is 18.2 Å². The zero-order chi connectivity index (χ0) is 11.5. The van der Waals surface area contributed by atoms with E-state index in [2.05, 4.69) is 24.1 Å². The Morgan fingerprint density at radius 2 is 2.31 bits per heavy atom. The van der Waals surface area contributed by atoms with Crippen LogP contribution in [0.5, 0.6) is 5.75 Å². The van der Waals surface area contributed by atoms with E-state index < -0.39 is 0 Å². The van der Waals surface area contributed by atoms with E-state index in [1.54, 1.807) is 0 Å². The Bertz CT molecular complexity index is 365. The molecule has 0 aromatic heterocycles. The first kappa shape index (κ1) is 11.3. The van der Waals surface area contributed by atoms with Crippen LogP contribution in [0.4, 0.5) is 5.69 Å². The van der Waals surface area contributed by atoms with Crippen molar-refractivity contribution in [2.24, 2.45) is 5.73 Å². The highest BCUT2D eigenvalue weighted by molar-refractivity contribution is 5.61. The predicted molar refractivity (Wildman–Crippen MR) is 67.2 cm³/mol. The molecule has 1 unspecified atom stereocenters. The summed E-state index contributed by atoms with van der Waals surface area (Å²) in [5, 5.41) is 0. The maximum absolute atomic E-state index is 5.63. The normalized spacial score (nSPS) is 18.7. The van der Waals surface area contributed by atoms with Gasteiger partial charge >= 0.3 is 0 Å². The Labute approximate surface area is 97.2 Å². The van der Waals surface area contributed by atoms with Crippen LogP contribution in [0.3, 0.4) is 0 Å². The van der Waals surface area contributed by atoms with Crippen molar-refractivity contribution in [3.63, 3.8) is 0 Å². The van der Waals surface area contributed by atoms with Gasteiger partial charge in [-0.1, -0.05) is 0 Å². The van der Waals surface area contributed by atoms with Crippen molar-refractivity contribution >= 4 is 5.69 Å². The lowest BCUT2D eigenvalue weighted by Crippen LogP contribution is -2.29. The van der Waals surface area contributed by atoms with Gasteiger partial charge in [0.2, 0.25) is 0 Å². The second-order valence-corrected chi connectivity index (χ2v) is 4.27. The van der Waals surface area contributed by atoms with Gasteiger partial charge in [-0.2, -0.15) is 0 Å². The Hall–Kier alpha value is -1.22. The summed E-state index contributed by atoms with van der Waals surface area (Å²) in [6.07, 6.45) is 2.14. The fourth-order valence-electron chi connectivity index (χ4n) is 2.40. The zero-order valence-corrected chi connectivity index (χ0v) is 10.1. The first-order valence-electron chi connectivity index (χ1n) is 5.95. The second kappa shape index (κ2) is 4.74. The monoisotopic (exact) mass is 220 g/mol. The number of nitrogens with zero attached hydrogens (tertiary/aromatic N) is 1. The van der Waals surface area contributed by atoms with Crippen LogP contribution in [0, 0.1) is 0 Å². The van der Waals surface area contributed by atoms with Gasteiger partial charge in [-0.15, -0.1) is 0 Å². The largest absolute Gasteiger partial charge is 0.494 e. The quantitative estimate of drug-likeness (QED) is 0.841. The van der Waals surface area contributed by atoms with Crippen molar-refractivity contribution in [1.29, 1.82) is 0 Å². The minimum Gasteiger partial charge on any atom is -0.494 e. The Kier molecular flexibility index (Phi) is 3.34. The number of likely N-dealkylation sites (N-methyl/N-ethyl adjacent to an activating group) is 1. The number of hydrogen-bond donors (Lipinski definition) is 1. The lowest BCUT2D eigenvalue weighted by atomic mass is 10.1. The number of hydrogen-bond acceptors (Lipinski definition) is 3. The maximum Gasteiger partial charge on any atom is 0.119 e. The molecule has 1 aromatic rings. The van der Waals surface area contributed by atoms with E-state index in [1.807, 2.05) is 13.0 Å². The zero-order valence-electron chi connectivity index (χ0n) is 10.1. The van der Waals surface area contributed by atoms with E-state index >= 15 is 0 Å². The molecule has 0 saturated carbocycles. The highest BCUT2D eigenvalue weighted by atomic mass is 16.5. The van der Waals surface area contributed by atoms with E-state index in [-0.39, 0.29) is 0 Å². The Balaban J connectivity index is 2.19. The number of nitrogens with two attached hydrogens (primary N) is 1. The summed E-state index contributed by atoms with van der Waals surface area (Å²) in [4.78, 5) is 2.33. The fraction of sp³-hybridized carbons (Fsp3) is 0.538. The summed E-state index contributed by atoms with van der Waals surface area (Å²) in [7, 11) is 2.15. The molecular formula is C13H20N2O. The molecule has 0 saturated heterocycles. The Morgan fingerprint density at radius 1 is 1.50 bits per heavy atom. The topological polar surface area (TPSA) is 38.5 Å². The minimum absolute atomic E-state index is 0.553.